The van der Waals surface area contributed by atoms with E-state index in [1.807, 2.05) is 25.1 Å². The molecule has 0 aromatic carbocycles. The number of nitrogens with zero attached hydrogens (tertiary/aromatic N) is 6. The van der Waals surface area contributed by atoms with Gasteiger partial charge in [-0.1, -0.05) is 18.2 Å². The van der Waals surface area contributed by atoms with Crippen LogP contribution in [0.2, 0.25) is 0 Å². The molecule has 0 unspecified atom stereocenters. The fraction of sp³-hybridized carbons (Fsp3) is 0.133. The van der Waals surface area contributed by atoms with E-state index in [4.69, 9.17) is 5.26 Å². The van der Waals surface area contributed by atoms with E-state index in [9.17, 15) is 0 Å². The van der Waals surface area contributed by atoms with Gasteiger partial charge in [0, 0.05) is 12.6 Å². The van der Waals surface area contributed by atoms with Gasteiger partial charge in [0.05, 0.1) is 17.8 Å². The molecule has 2 rings (SSSR count). The lowest BCUT2D eigenvalue weighted by Gasteiger charge is -1.90. The summed E-state index contributed by atoms with van der Waals surface area (Å²) in [6, 6.07) is 7.54. The summed E-state index contributed by atoms with van der Waals surface area (Å²) in [6.07, 6.45) is 11.7. The van der Waals surface area contributed by atoms with Gasteiger partial charge in [-0.15, -0.1) is 26.6 Å². The molecule has 0 bridgehead atoms. The molecule has 22 heavy (non-hydrogen) atoms. The Hall–Kier alpha value is -2.78. The van der Waals surface area contributed by atoms with Gasteiger partial charge in [0.25, 0.3) is 0 Å². The van der Waals surface area contributed by atoms with Gasteiger partial charge >= 0.3 is 0 Å². The Morgan fingerprint density at radius 2 is 2.18 bits per heavy atom. The van der Waals surface area contributed by atoms with E-state index in [0.29, 0.717) is 17.1 Å². The minimum atomic E-state index is 0.436. The van der Waals surface area contributed by atoms with Crippen molar-refractivity contribution in [1.82, 2.24) is 25.2 Å². The Morgan fingerprint density at radius 1 is 1.36 bits per heavy atom. The number of nitriles is 1. The number of allylic oxidation sites excluding steroid dienone is 5. The quantitative estimate of drug-likeness (QED) is 0.492. The van der Waals surface area contributed by atoms with E-state index >= 15 is 0 Å². The molecule has 0 saturated heterocycles. The molecule has 7 heteroatoms. The zero-order chi connectivity index (χ0) is 16.2. The van der Waals surface area contributed by atoms with Crippen molar-refractivity contribution in [3.8, 4) is 17.6 Å². The molecule has 2 heterocycles. The normalized spacial score (nSPS) is 11.3. The van der Waals surface area contributed by atoms with E-state index in [2.05, 4.69) is 38.1 Å². The number of alkyl halides is 1. The maximum absolute atomic E-state index is 8.93. The third-order valence-electron chi connectivity index (χ3n) is 2.31. The van der Waals surface area contributed by atoms with Gasteiger partial charge in [0.1, 0.15) is 5.69 Å². The second kappa shape index (κ2) is 10.0. The second-order valence-corrected chi connectivity index (χ2v) is 3.72. The fourth-order valence-corrected chi connectivity index (χ4v) is 1.36. The summed E-state index contributed by atoms with van der Waals surface area (Å²) in [6.45, 7) is 1.88. The van der Waals surface area contributed by atoms with E-state index < -0.39 is 0 Å². The largest absolute Gasteiger partial charge is 0.253 e. The SMILES string of the molecule is CCl.C\C=C/C=C(C#N)\C=C\n1nnc(-c2ccccn2)n1. The fourth-order valence-electron chi connectivity index (χ4n) is 1.36. The number of hydrogen-bond donors (Lipinski definition) is 0. The van der Waals surface area contributed by atoms with E-state index in [1.54, 1.807) is 36.7 Å². The van der Waals surface area contributed by atoms with Crippen LogP contribution in [0.5, 0.6) is 0 Å². The van der Waals surface area contributed by atoms with Gasteiger partial charge in [0.2, 0.25) is 5.82 Å². The van der Waals surface area contributed by atoms with Crippen LogP contribution in [-0.4, -0.2) is 31.6 Å². The van der Waals surface area contributed by atoms with E-state index in [-0.39, 0.29) is 0 Å². The van der Waals surface area contributed by atoms with Crippen LogP contribution in [0.15, 0.2) is 54.3 Å². The highest BCUT2D eigenvalue weighted by molar-refractivity contribution is 6.15. The molecule has 0 N–H and O–H groups in total. The Labute approximate surface area is 134 Å². The minimum absolute atomic E-state index is 0.436. The molecule has 0 saturated carbocycles. The van der Waals surface area contributed by atoms with Gasteiger partial charge in [-0.05, 0) is 36.4 Å². The predicted molar refractivity (Wildman–Crippen MR) is 86.7 cm³/mol. The van der Waals surface area contributed by atoms with E-state index in [0.717, 1.165) is 0 Å². The van der Waals surface area contributed by atoms with Crippen LogP contribution in [0.25, 0.3) is 17.7 Å². The second-order valence-electron chi connectivity index (χ2n) is 3.72. The molecule has 0 aliphatic heterocycles. The maximum atomic E-state index is 8.93. The number of halogens is 1. The van der Waals surface area contributed by atoms with Crippen molar-refractivity contribution >= 4 is 17.8 Å². The van der Waals surface area contributed by atoms with E-state index in [1.165, 1.54) is 11.2 Å². The topological polar surface area (TPSA) is 80.3 Å². The standard InChI is InChI=1S/C14H12N6.CH3Cl/c1-2-3-6-12(11-15)8-10-20-18-14(17-19-20)13-7-4-5-9-16-13;1-2/h2-10H,1H3;1H3/b3-2-,10-8+,12-6+;. The average molecular weight is 315 g/mol. The minimum Gasteiger partial charge on any atom is -0.253 e. The number of aromatic nitrogens is 5. The molecule has 0 aliphatic rings. The molecule has 2 aromatic rings. The molecule has 0 radical (unpaired) electrons. The van der Waals surface area contributed by atoms with Crippen molar-refractivity contribution in [2.24, 2.45) is 0 Å². The Bertz CT molecular complexity index is 694. The van der Waals surface area contributed by atoms with Crippen molar-refractivity contribution in [3.05, 3.63) is 54.3 Å². The summed E-state index contributed by atoms with van der Waals surface area (Å²) in [5.74, 6) is 0.436. The first-order valence-electron chi connectivity index (χ1n) is 6.33. The van der Waals surface area contributed by atoms with Gasteiger partial charge in [-0.2, -0.15) is 5.26 Å². The smallest absolute Gasteiger partial charge is 0.223 e. The Balaban J connectivity index is 0.00000116. The van der Waals surface area contributed by atoms with Crippen molar-refractivity contribution in [2.45, 2.75) is 6.92 Å². The van der Waals surface area contributed by atoms with Crippen LogP contribution in [0.1, 0.15) is 6.92 Å². The summed E-state index contributed by atoms with van der Waals surface area (Å²) in [7, 11) is 0. The first-order valence-corrected chi connectivity index (χ1v) is 7.09. The van der Waals surface area contributed by atoms with Gasteiger partial charge in [0.15, 0.2) is 0 Å². The zero-order valence-corrected chi connectivity index (χ0v) is 13.0. The molecule has 2 aromatic heterocycles. The molecular weight excluding hydrogens is 300 g/mol. The first kappa shape index (κ1) is 17.3. The molecule has 0 atom stereocenters. The van der Waals surface area contributed by atoms with Crippen molar-refractivity contribution in [1.29, 1.82) is 5.26 Å². The highest BCUT2D eigenvalue weighted by atomic mass is 35.5. The van der Waals surface area contributed by atoms with Gasteiger partial charge < -0.3 is 0 Å². The number of rotatable bonds is 4. The highest BCUT2D eigenvalue weighted by Crippen LogP contribution is 2.08. The lowest BCUT2D eigenvalue weighted by atomic mass is 10.2. The molecular formula is C15H15ClN6. The van der Waals surface area contributed by atoms with Crippen LogP contribution in [0.3, 0.4) is 0 Å². The van der Waals surface area contributed by atoms with Crippen LogP contribution in [0, 0.1) is 11.3 Å². The summed E-state index contributed by atoms with van der Waals surface area (Å²) in [4.78, 5) is 5.44. The summed E-state index contributed by atoms with van der Waals surface area (Å²) in [5, 5.41) is 20.9. The van der Waals surface area contributed by atoms with Crippen LogP contribution in [-0.2, 0) is 0 Å². The molecule has 112 valence electrons. The third-order valence-corrected chi connectivity index (χ3v) is 2.31. The Morgan fingerprint density at radius 3 is 2.82 bits per heavy atom. The zero-order valence-electron chi connectivity index (χ0n) is 12.3. The van der Waals surface area contributed by atoms with Crippen LogP contribution in [0.4, 0.5) is 0 Å². The molecule has 0 aliphatic carbocycles. The van der Waals surface area contributed by atoms with Crippen LogP contribution < -0.4 is 0 Å². The van der Waals surface area contributed by atoms with Gasteiger partial charge in [-0.25, -0.2) is 0 Å². The average Bonchev–Trinajstić information content (AvgIpc) is 3.07. The molecule has 0 spiro atoms. The maximum Gasteiger partial charge on any atom is 0.223 e. The summed E-state index contributed by atoms with van der Waals surface area (Å²) < 4.78 is 0. The molecule has 0 amide bonds. The lowest BCUT2D eigenvalue weighted by molar-refractivity contribution is 0.759. The summed E-state index contributed by atoms with van der Waals surface area (Å²) in [5.41, 5.74) is 1.15. The Kier molecular flexibility index (Phi) is 7.87. The van der Waals surface area contributed by atoms with Crippen molar-refractivity contribution < 1.29 is 0 Å². The summed E-state index contributed by atoms with van der Waals surface area (Å²) >= 11 is 4.64. The third kappa shape index (κ3) is 5.31. The number of hydrogen-bond acceptors (Lipinski definition) is 5. The highest BCUT2D eigenvalue weighted by Gasteiger charge is 2.04. The van der Waals surface area contributed by atoms with Gasteiger partial charge in [-0.3, -0.25) is 4.98 Å². The van der Waals surface area contributed by atoms with Crippen LogP contribution >= 0.6 is 11.6 Å². The molecule has 0 fully saturated rings. The first-order chi connectivity index (χ1) is 10.8. The van der Waals surface area contributed by atoms with Crippen molar-refractivity contribution in [2.75, 3.05) is 6.38 Å². The van der Waals surface area contributed by atoms with Crippen molar-refractivity contribution in [3.63, 3.8) is 0 Å². The monoisotopic (exact) mass is 314 g/mol. The predicted octanol–water partition coefficient (Wildman–Crippen LogP) is 3.09. The lowest BCUT2D eigenvalue weighted by Crippen LogP contribution is -1.92. The number of pyridine rings is 1. The number of tetrazole rings is 1. The molecule has 6 nitrogen and oxygen atoms in total.